The number of para-hydroxylation sites is 1. The Hall–Kier alpha value is -3.38. The van der Waals surface area contributed by atoms with E-state index in [-0.39, 0.29) is 12.0 Å². The summed E-state index contributed by atoms with van der Waals surface area (Å²) in [6, 6.07) is 21.3. The molecule has 1 fully saturated rings. The number of benzene rings is 2. The monoisotopic (exact) mass is 459 g/mol. The van der Waals surface area contributed by atoms with Crippen LogP contribution in [-0.2, 0) is 6.54 Å². The van der Waals surface area contributed by atoms with E-state index in [4.69, 9.17) is 9.47 Å². The van der Waals surface area contributed by atoms with Crippen molar-refractivity contribution in [1.82, 2.24) is 15.6 Å². The number of pyridine rings is 1. The Labute approximate surface area is 201 Å². The summed E-state index contributed by atoms with van der Waals surface area (Å²) in [5.74, 6) is 2.48. The first kappa shape index (κ1) is 23.8. The van der Waals surface area contributed by atoms with Crippen molar-refractivity contribution in [3.63, 3.8) is 0 Å². The molecular formula is C28H33N3O3. The highest BCUT2D eigenvalue weighted by Crippen LogP contribution is 2.27. The Morgan fingerprint density at radius 3 is 2.59 bits per heavy atom. The third-order valence-corrected chi connectivity index (χ3v) is 6.25. The molecule has 3 atom stereocenters. The van der Waals surface area contributed by atoms with Gasteiger partial charge < -0.3 is 20.1 Å². The Morgan fingerprint density at radius 2 is 1.82 bits per heavy atom. The molecule has 0 spiro atoms. The molecule has 3 aromatic rings. The molecule has 0 radical (unpaired) electrons. The van der Waals surface area contributed by atoms with E-state index in [1.165, 1.54) is 19.0 Å². The van der Waals surface area contributed by atoms with Crippen LogP contribution in [0.25, 0.3) is 0 Å². The Bertz CT molecular complexity index is 1060. The highest BCUT2D eigenvalue weighted by molar-refractivity contribution is 5.93. The average Bonchev–Trinajstić information content (AvgIpc) is 3.04. The van der Waals surface area contributed by atoms with Gasteiger partial charge in [0.25, 0.3) is 5.91 Å². The van der Waals surface area contributed by atoms with Crippen LogP contribution in [0.1, 0.15) is 48.5 Å². The summed E-state index contributed by atoms with van der Waals surface area (Å²) in [5, 5.41) is 6.38. The second-order valence-corrected chi connectivity index (χ2v) is 9.01. The molecule has 2 aromatic carbocycles. The summed E-state index contributed by atoms with van der Waals surface area (Å²) in [6.07, 6.45) is 6.22. The molecule has 6 nitrogen and oxygen atoms in total. The van der Waals surface area contributed by atoms with E-state index in [2.05, 4.69) is 22.5 Å². The zero-order valence-corrected chi connectivity index (χ0v) is 19.9. The predicted octanol–water partition coefficient (Wildman–Crippen LogP) is 5.35. The van der Waals surface area contributed by atoms with Crippen molar-refractivity contribution in [2.75, 3.05) is 7.05 Å². The summed E-state index contributed by atoms with van der Waals surface area (Å²) >= 11 is 0. The lowest BCUT2D eigenvalue weighted by atomic mass is 10.0. The van der Waals surface area contributed by atoms with Crippen LogP contribution >= 0.6 is 0 Å². The summed E-state index contributed by atoms with van der Waals surface area (Å²) in [4.78, 5) is 16.9. The van der Waals surface area contributed by atoms with Gasteiger partial charge in [-0.05, 0) is 74.5 Å². The maximum absolute atomic E-state index is 12.6. The van der Waals surface area contributed by atoms with E-state index in [1.54, 1.807) is 12.1 Å². The van der Waals surface area contributed by atoms with Gasteiger partial charge >= 0.3 is 0 Å². The molecule has 1 amide bonds. The maximum atomic E-state index is 12.6. The number of ether oxygens (including phenoxy) is 2. The number of carbonyl (C=O) groups is 1. The standard InChI is InChI=1S/C28H33N3O3/c1-20-11-13-23(29-2)17-26(15-20)33-25-10-6-7-21(16-25)18-31-28(32)22-12-14-27(30-19-22)34-24-8-4-3-5-9-24/h3-10,12,14,16,19-20,23,26,29H,11,13,15,17-18H2,1-2H3,(H,31,32)/t20?,23?,26-/m0/s1. The van der Waals surface area contributed by atoms with Crippen molar-refractivity contribution in [3.8, 4) is 17.4 Å². The van der Waals surface area contributed by atoms with Gasteiger partial charge in [0.15, 0.2) is 0 Å². The second-order valence-electron chi connectivity index (χ2n) is 9.01. The first-order valence-electron chi connectivity index (χ1n) is 12.0. The van der Waals surface area contributed by atoms with Crippen molar-refractivity contribution in [2.24, 2.45) is 5.92 Å². The number of hydrogen-bond donors (Lipinski definition) is 2. The fourth-order valence-corrected chi connectivity index (χ4v) is 4.33. The summed E-state index contributed by atoms with van der Waals surface area (Å²) in [6.45, 7) is 2.72. The van der Waals surface area contributed by atoms with Gasteiger partial charge in [-0.3, -0.25) is 4.79 Å². The van der Waals surface area contributed by atoms with Crippen molar-refractivity contribution in [3.05, 3.63) is 84.1 Å². The molecule has 4 rings (SSSR count). The van der Waals surface area contributed by atoms with Crippen molar-refractivity contribution in [2.45, 2.75) is 51.3 Å². The zero-order valence-electron chi connectivity index (χ0n) is 19.9. The van der Waals surface area contributed by atoms with Crippen LogP contribution < -0.4 is 20.1 Å². The number of carbonyl (C=O) groups excluding carboxylic acids is 1. The second kappa shape index (κ2) is 11.7. The summed E-state index contributed by atoms with van der Waals surface area (Å²) in [7, 11) is 2.03. The number of amides is 1. The third kappa shape index (κ3) is 6.81. The fourth-order valence-electron chi connectivity index (χ4n) is 4.33. The van der Waals surface area contributed by atoms with Gasteiger partial charge in [-0.15, -0.1) is 0 Å². The summed E-state index contributed by atoms with van der Waals surface area (Å²) in [5.41, 5.74) is 1.48. The van der Waals surface area contributed by atoms with Crippen LogP contribution in [0.15, 0.2) is 72.9 Å². The minimum atomic E-state index is -0.181. The molecule has 6 heteroatoms. The SMILES string of the molecule is CNC1CCC(C)C[C@H](Oc2cccc(CNC(=O)c3ccc(Oc4ccccc4)nc3)c2)C1. The van der Waals surface area contributed by atoms with Gasteiger partial charge in [0.1, 0.15) is 17.6 Å². The first-order chi connectivity index (χ1) is 16.6. The normalized spacial score (nSPS) is 20.2. The minimum absolute atomic E-state index is 0.181. The van der Waals surface area contributed by atoms with Crippen LogP contribution in [0, 0.1) is 5.92 Å². The smallest absolute Gasteiger partial charge is 0.253 e. The molecule has 2 unspecified atom stereocenters. The number of rotatable bonds is 8. The molecule has 1 aromatic heterocycles. The number of hydrogen-bond acceptors (Lipinski definition) is 5. The summed E-state index contributed by atoms with van der Waals surface area (Å²) < 4.78 is 12.0. The fraction of sp³-hybridized carbons (Fsp3) is 0.357. The Balaban J connectivity index is 1.31. The van der Waals surface area contributed by atoms with Crippen LogP contribution in [0.5, 0.6) is 17.4 Å². The molecule has 1 aliphatic carbocycles. The first-order valence-corrected chi connectivity index (χ1v) is 12.0. The molecule has 1 heterocycles. The van der Waals surface area contributed by atoms with Gasteiger partial charge in [-0.25, -0.2) is 4.98 Å². The zero-order chi connectivity index (χ0) is 23.8. The van der Waals surface area contributed by atoms with E-state index in [0.717, 1.165) is 24.2 Å². The molecule has 0 aliphatic heterocycles. The van der Waals surface area contributed by atoms with Gasteiger partial charge in [-0.1, -0.05) is 37.3 Å². The van der Waals surface area contributed by atoms with Gasteiger partial charge in [0, 0.05) is 24.8 Å². The van der Waals surface area contributed by atoms with Gasteiger partial charge in [0.2, 0.25) is 5.88 Å². The maximum Gasteiger partial charge on any atom is 0.253 e. The highest BCUT2D eigenvalue weighted by atomic mass is 16.5. The third-order valence-electron chi connectivity index (χ3n) is 6.25. The molecule has 1 saturated carbocycles. The van der Waals surface area contributed by atoms with Crippen LogP contribution in [0.2, 0.25) is 0 Å². The molecule has 0 bridgehead atoms. The Morgan fingerprint density at radius 1 is 1.00 bits per heavy atom. The van der Waals surface area contributed by atoms with E-state index >= 15 is 0 Å². The van der Waals surface area contributed by atoms with Gasteiger partial charge in [0.05, 0.1) is 5.56 Å². The topological polar surface area (TPSA) is 72.5 Å². The molecular weight excluding hydrogens is 426 g/mol. The van der Waals surface area contributed by atoms with Crippen molar-refractivity contribution in [1.29, 1.82) is 0 Å². The molecule has 178 valence electrons. The quantitative estimate of drug-likeness (QED) is 0.444. The van der Waals surface area contributed by atoms with E-state index in [0.29, 0.717) is 35.7 Å². The lowest BCUT2D eigenvalue weighted by molar-refractivity contribution is 0.0950. The molecule has 34 heavy (non-hydrogen) atoms. The van der Waals surface area contributed by atoms with E-state index in [1.807, 2.05) is 61.6 Å². The van der Waals surface area contributed by atoms with E-state index < -0.39 is 0 Å². The molecule has 0 saturated heterocycles. The largest absolute Gasteiger partial charge is 0.490 e. The van der Waals surface area contributed by atoms with Gasteiger partial charge in [-0.2, -0.15) is 0 Å². The predicted molar refractivity (Wildman–Crippen MR) is 133 cm³/mol. The lowest BCUT2D eigenvalue weighted by Crippen LogP contribution is -2.30. The average molecular weight is 460 g/mol. The molecule has 2 N–H and O–H groups in total. The van der Waals surface area contributed by atoms with Crippen LogP contribution in [0.4, 0.5) is 0 Å². The minimum Gasteiger partial charge on any atom is -0.490 e. The van der Waals surface area contributed by atoms with E-state index in [9.17, 15) is 4.79 Å². The van der Waals surface area contributed by atoms with Crippen LogP contribution in [0.3, 0.4) is 0 Å². The van der Waals surface area contributed by atoms with Crippen molar-refractivity contribution >= 4 is 5.91 Å². The number of nitrogens with one attached hydrogen (secondary N) is 2. The lowest BCUT2D eigenvalue weighted by Gasteiger charge is -2.22. The number of aromatic nitrogens is 1. The Kier molecular flexibility index (Phi) is 8.15. The van der Waals surface area contributed by atoms with Crippen LogP contribution in [-0.4, -0.2) is 30.1 Å². The number of nitrogens with zero attached hydrogens (tertiary/aromatic N) is 1. The molecule has 1 aliphatic rings. The van der Waals surface area contributed by atoms with Crippen molar-refractivity contribution < 1.29 is 14.3 Å². The highest BCUT2D eigenvalue weighted by Gasteiger charge is 2.24.